The molecule has 2 aromatic carbocycles. The summed E-state index contributed by atoms with van der Waals surface area (Å²) in [6.07, 6.45) is 0. The number of rotatable bonds is 4. The van der Waals surface area contributed by atoms with E-state index in [1.807, 2.05) is 0 Å². The van der Waals surface area contributed by atoms with Crippen molar-refractivity contribution in [1.82, 2.24) is 5.32 Å². The number of aryl methyl sites for hydroxylation is 1. The first-order valence-electron chi connectivity index (χ1n) is 6.35. The third-order valence-corrected chi connectivity index (χ3v) is 3.83. The molecular formula is C15H12Cl2N2O3. The van der Waals surface area contributed by atoms with Crippen LogP contribution < -0.4 is 5.32 Å². The monoisotopic (exact) mass is 338 g/mol. The molecule has 0 heterocycles. The molecule has 0 unspecified atom stereocenters. The number of nitro benzene ring substituents is 1. The molecule has 0 saturated heterocycles. The molecule has 0 aromatic heterocycles. The highest BCUT2D eigenvalue weighted by atomic mass is 35.5. The van der Waals surface area contributed by atoms with E-state index in [-0.39, 0.29) is 18.1 Å². The van der Waals surface area contributed by atoms with Crippen LogP contribution in [0.2, 0.25) is 10.0 Å². The lowest BCUT2D eigenvalue weighted by molar-refractivity contribution is -0.385. The molecule has 0 bridgehead atoms. The standard InChI is InChI=1S/C15H12Cl2N2O3/c1-9-6-11(3-5-14(9)19(21)22)15(20)18-8-10-2-4-12(16)13(17)7-10/h2-7H,8H2,1H3,(H,18,20). The highest BCUT2D eigenvalue weighted by molar-refractivity contribution is 6.42. The summed E-state index contributed by atoms with van der Waals surface area (Å²) in [7, 11) is 0. The smallest absolute Gasteiger partial charge is 0.272 e. The van der Waals surface area contributed by atoms with Gasteiger partial charge in [-0.25, -0.2) is 0 Å². The number of halogens is 2. The van der Waals surface area contributed by atoms with Crippen LogP contribution in [0.15, 0.2) is 36.4 Å². The van der Waals surface area contributed by atoms with Gasteiger partial charge in [-0.1, -0.05) is 29.3 Å². The molecule has 0 fully saturated rings. The van der Waals surface area contributed by atoms with Gasteiger partial charge in [-0.3, -0.25) is 14.9 Å². The maximum atomic E-state index is 12.1. The Hall–Kier alpha value is -2.11. The SMILES string of the molecule is Cc1cc(C(=O)NCc2ccc(Cl)c(Cl)c2)ccc1[N+](=O)[O-]. The van der Waals surface area contributed by atoms with Gasteiger partial charge >= 0.3 is 0 Å². The zero-order chi connectivity index (χ0) is 16.3. The lowest BCUT2D eigenvalue weighted by Gasteiger charge is -2.07. The molecule has 5 nitrogen and oxygen atoms in total. The number of hydrogen-bond acceptors (Lipinski definition) is 3. The average Bonchev–Trinajstić information content (AvgIpc) is 2.47. The third kappa shape index (κ3) is 3.75. The molecule has 1 N–H and O–H groups in total. The normalized spacial score (nSPS) is 10.3. The van der Waals surface area contributed by atoms with E-state index in [4.69, 9.17) is 23.2 Å². The van der Waals surface area contributed by atoms with Crippen molar-refractivity contribution in [1.29, 1.82) is 0 Å². The number of amides is 1. The van der Waals surface area contributed by atoms with Crippen LogP contribution in [0.5, 0.6) is 0 Å². The van der Waals surface area contributed by atoms with Crippen molar-refractivity contribution in [2.45, 2.75) is 13.5 Å². The van der Waals surface area contributed by atoms with E-state index in [0.717, 1.165) is 5.56 Å². The van der Waals surface area contributed by atoms with Crippen molar-refractivity contribution in [2.24, 2.45) is 0 Å². The fourth-order valence-electron chi connectivity index (χ4n) is 1.94. The van der Waals surface area contributed by atoms with Crippen LogP contribution in [0.1, 0.15) is 21.5 Å². The molecule has 0 atom stereocenters. The molecule has 7 heteroatoms. The second kappa shape index (κ2) is 6.77. The number of benzene rings is 2. The molecule has 0 spiro atoms. The van der Waals surface area contributed by atoms with E-state index < -0.39 is 4.92 Å². The largest absolute Gasteiger partial charge is 0.348 e. The zero-order valence-electron chi connectivity index (χ0n) is 11.6. The fraction of sp³-hybridized carbons (Fsp3) is 0.133. The maximum absolute atomic E-state index is 12.1. The predicted octanol–water partition coefficient (Wildman–Crippen LogP) is 4.14. The summed E-state index contributed by atoms with van der Waals surface area (Å²) in [6, 6.07) is 9.32. The van der Waals surface area contributed by atoms with E-state index >= 15 is 0 Å². The van der Waals surface area contributed by atoms with E-state index in [2.05, 4.69) is 5.32 Å². The highest BCUT2D eigenvalue weighted by Crippen LogP contribution is 2.22. The Labute approximate surface area is 137 Å². The molecular weight excluding hydrogens is 327 g/mol. The van der Waals surface area contributed by atoms with Crippen LogP contribution in [0.3, 0.4) is 0 Å². The average molecular weight is 339 g/mol. The molecule has 0 saturated carbocycles. The Kier molecular flexibility index (Phi) is 5.00. The Bertz CT molecular complexity index is 748. The van der Waals surface area contributed by atoms with Gasteiger partial charge in [0.2, 0.25) is 0 Å². The molecule has 1 amide bonds. The third-order valence-electron chi connectivity index (χ3n) is 3.09. The molecule has 22 heavy (non-hydrogen) atoms. The predicted molar refractivity (Wildman–Crippen MR) is 85.5 cm³/mol. The van der Waals surface area contributed by atoms with Gasteiger partial charge in [0.1, 0.15) is 0 Å². The van der Waals surface area contributed by atoms with Crippen molar-refractivity contribution >= 4 is 34.8 Å². The number of nitrogens with one attached hydrogen (secondary N) is 1. The van der Waals surface area contributed by atoms with Crippen LogP contribution in [0.4, 0.5) is 5.69 Å². The van der Waals surface area contributed by atoms with Crippen molar-refractivity contribution in [3.05, 3.63) is 73.2 Å². The van der Waals surface area contributed by atoms with Gasteiger partial charge in [-0.15, -0.1) is 0 Å². The Morgan fingerprint density at radius 1 is 1.18 bits per heavy atom. The topological polar surface area (TPSA) is 72.2 Å². The second-order valence-electron chi connectivity index (χ2n) is 4.69. The molecule has 0 aliphatic rings. The summed E-state index contributed by atoms with van der Waals surface area (Å²) in [6.45, 7) is 1.87. The second-order valence-corrected chi connectivity index (χ2v) is 5.50. The number of nitro groups is 1. The Balaban J connectivity index is 2.07. The Morgan fingerprint density at radius 3 is 2.50 bits per heavy atom. The maximum Gasteiger partial charge on any atom is 0.272 e. The first-order chi connectivity index (χ1) is 10.4. The molecule has 0 radical (unpaired) electrons. The molecule has 2 aromatic rings. The highest BCUT2D eigenvalue weighted by Gasteiger charge is 2.13. The summed E-state index contributed by atoms with van der Waals surface area (Å²) in [5.74, 6) is -0.316. The van der Waals surface area contributed by atoms with Crippen molar-refractivity contribution in [3.8, 4) is 0 Å². The molecule has 0 aliphatic heterocycles. The number of nitrogens with zero attached hydrogens (tertiary/aromatic N) is 1. The summed E-state index contributed by atoms with van der Waals surface area (Å²) >= 11 is 11.7. The van der Waals surface area contributed by atoms with Gasteiger partial charge < -0.3 is 5.32 Å². The number of hydrogen-bond donors (Lipinski definition) is 1. The lowest BCUT2D eigenvalue weighted by atomic mass is 10.1. The van der Waals surface area contributed by atoms with Gasteiger partial charge in [0.05, 0.1) is 15.0 Å². The first kappa shape index (κ1) is 16.3. The Morgan fingerprint density at radius 2 is 1.91 bits per heavy atom. The lowest BCUT2D eigenvalue weighted by Crippen LogP contribution is -2.22. The van der Waals surface area contributed by atoms with Crippen LogP contribution in [-0.4, -0.2) is 10.8 Å². The molecule has 2 rings (SSSR count). The van der Waals surface area contributed by atoms with E-state index in [0.29, 0.717) is 21.2 Å². The van der Waals surface area contributed by atoms with Crippen LogP contribution in [-0.2, 0) is 6.54 Å². The van der Waals surface area contributed by atoms with E-state index in [1.54, 1.807) is 25.1 Å². The van der Waals surface area contributed by atoms with E-state index in [9.17, 15) is 14.9 Å². The van der Waals surface area contributed by atoms with Gasteiger partial charge in [0, 0.05) is 23.7 Å². The van der Waals surface area contributed by atoms with Gasteiger partial charge in [-0.2, -0.15) is 0 Å². The fourth-order valence-corrected chi connectivity index (χ4v) is 2.26. The first-order valence-corrected chi connectivity index (χ1v) is 7.11. The van der Waals surface area contributed by atoms with Crippen molar-refractivity contribution in [3.63, 3.8) is 0 Å². The van der Waals surface area contributed by atoms with Gasteiger partial charge in [-0.05, 0) is 36.8 Å². The van der Waals surface area contributed by atoms with Crippen molar-refractivity contribution < 1.29 is 9.72 Å². The summed E-state index contributed by atoms with van der Waals surface area (Å²) in [5.41, 5.74) is 1.60. The zero-order valence-corrected chi connectivity index (χ0v) is 13.1. The minimum Gasteiger partial charge on any atom is -0.348 e. The van der Waals surface area contributed by atoms with E-state index in [1.165, 1.54) is 18.2 Å². The minimum absolute atomic E-state index is 0.0129. The van der Waals surface area contributed by atoms with Gasteiger partial charge in [0.25, 0.3) is 11.6 Å². The summed E-state index contributed by atoms with van der Waals surface area (Å²) < 4.78 is 0. The summed E-state index contributed by atoms with van der Waals surface area (Å²) in [4.78, 5) is 22.3. The quantitative estimate of drug-likeness (QED) is 0.672. The summed E-state index contributed by atoms with van der Waals surface area (Å²) in [5, 5.41) is 14.3. The van der Waals surface area contributed by atoms with Crippen LogP contribution in [0.25, 0.3) is 0 Å². The molecule has 0 aliphatic carbocycles. The van der Waals surface area contributed by atoms with Gasteiger partial charge in [0.15, 0.2) is 0 Å². The molecule has 114 valence electrons. The minimum atomic E-state index is -0.479. The number of carbonyl (C=O) groups excluding carboxylic acids is 1. The van der Waals surface area contributed by atoms with Crippen LogP contribution >= 0.6 is 23.2 Å². The van der Waals surface area contributed by atoms with Crippen molar-refractivity contribution in [2.75, 3.05) is 0 Å². The van der Waals surface area contributed by atoms with Crippen LogP contribution in [0, 0.1) is 17.0 Å². The number of carbonyl (C=O) groups is 1.